The van der Waals surface area contributed by atoms with Gasteiger partial charge in [-0.1, -0.05) is 35.9 Å². The van der Waals surface area contributed by atoms with E-state index in [2.05, 4.69) is 10.3 Å². The molecule has 2 aromatic carbocycles. The summed E-state index contributed by atoms with van der Waals surface area (Å²) in [5.41, 5.74) is 1.37. The minimum absolute atomic E-state index is 0.162. The van der Waals surface area contributed by atoms with E-state index in [1.54, 1.807) is 42.7 Å². The van der Waals surface area contributed by atoms with Crippen LogP contribution in [-0.2, 0) is 16.6 Å². The van der Waals surface area contributed by atoms with Crippen LogP contribution in [0.3, 0.4) is 0 Å². The highest BCUT2D eigenvalue weighted by Crippen LogP contribution is 2.26. The van der Waals surface area contributed by atoms with Crippen molar-refractivity contribution in [3.63, 3.8) is 0 Å². The molecule has 0 unspecified atom stereocenters. The number of aromatic nitrogens is 1. The number of amides is 1. The molecule has 1 heterocycles. The van der Waals surface area contributed by atoms with E-state index in [1.165, 1.54) is 31.3 Å². The lowest BCUT2D eigenvalue weighted by Gasteiger charge is -2.20. The van der Waals surface area contributed by atoms with Gasteiger partial charge in [-0.05, 0) is 42.0 Å². The number of benzene rings is 2. The van der Waals surface area contributed by atoms with Crippen LogP contribution < -0.4 is 9.62 Å². The lowest BCUT2D eigenvalue weighted by Crippen LogP contribution is -2.27. The molecule has 144 valence electrons. The number of rotatable bonds is 6. The zero-order valence-electron chi connectivity index (χ0n) is 15.0. The largest absolute Gasteiger partial charge is 0.348 e. The van der Waals surface area contributed by atoms with Gasteiger partial charge < -0.3 is 5.32 Å². The molecular weight excluding hydrogens is 398 g/mol. The Balaban J connectivity index is 1.83. The molecule has 28 heavy (non-hydrogen) atoms. The van der Waals surface area contributed by atoms with Gasteiger partial charge in [-0.3, -0.25) is 14.1 Å². The first-order chi connectivity index (χ1) is 13.4. The Morgan fingerprint density at radius 3 is 2.54 bits per heavy atom. The van der Waals surface area contributed by atoms with Crippen molar-refractivity contribution in [3.05, 3.63) is 89.2 Å². The molecule has 3 rings (SSSR count). The summed E-state index contributed by atoms with van der Waals surface area (Å²) in [6.45, 7) is 0.283. The molecule has 8 heteroatoms. The van der Waals surface area contributed by atoms with Gasteiger partial charge in [0, 0.05) is 26.0 Å². The molecule has 1 amide bonds. The lowest BCUT2D eigenvalue weighted by molar-refractivity contribution is 0.0951. The van der Waals surface area contributed by atoms with Crippen LogP contribution in [0.15, 0.2) is 78.0 Å². The fraction of sp³-hybridized carbons (Fsp3) is 0.100. The van der Waals surface area contributed by atoms with Gasteiger partial charge in [0.15, 0.2) is 0 Å². The number of hydrogen-bond donors (Lipinski definition) is 1. The van der Waals surface area contributed by atoms with Crippen LogP contribution in [0.5, 0.6) is 0 Å². The van der Waals surface area contributed by atoms with E-state index < -0.39 is 15.9 Å². The molecule has 0 aliphatic heterocycles. The highest BCUT2D eigenvalue weighted by molar-refractivity contribution is 7.92. The average Bonchev–Trinajstić information content (AvgIpc) is 2.73. The van der Waals surface area contributed by atoms with E-state index in [0.717, 1.165) is 9.87 Å². The third-order valence-corrected chi connectivity index (χ3v) is 6.27. The zero-order chi connectivity index (χ0) is 20.1. The van der Waals surface area contributed by atoms with Gasteiger partial charge in [-0.25, -0.2) is 8.42 Å². The average molecular weight is 416 g/mol. The molecule has 0 saturated carbocycles. The molecular formula is C20H18ClN3O3S. The smallest absolute Gasteiger partial charge is 0.264 e. The Kier molecular flexibility index (Phi) is 5.96. The molecule has 0 aliphatic rings. The van der Waals surface area contributed by atoms with Crippen molar-refractivity contribution in [1.82, 2.24) is 10.3 Å². The summed E-state index contributed by atoms with van der Waals surface area (Å²) in [6.07, 6.45) is 3.30. The van der Waals surface area contributed by atoms with E-state index in [9.17, 15) is 13.2 Å². The van der Waals surface area contributed by atoms with Gasteiger partial charge >= 0.3 is 0 Å². The number of anilines is 1. The minimum atomic E-state index is -3.75. The van der Waals surface area contributed by atoms with Gasteiger partial charge in [-0.2, -0.15) is 0 Å². The zero-order valence-corrected chi connectivity index (χ0v) is 16.6. The monoisotopic (exact) mass is 415 g/mol. The number of sulfonamides is 1. The van der Waals surface area contributed by atoms with Crippen molar-refractivity contribution in [2.75, 3.05) is 11.4 Å². The fourth-order valence-electron chi connectivity index (χ4n) is 2.55. The van der Waals surface area contributed by atoms with E-state index in [1.807, 2.05) is 6.07 Å². The summed E-state index contributed by atoms with van der Waals surface area (Å²) in [6, 6.07) is 16.2. The highest BCUT2D eigenvalue weighted by atomic mass is 35.5. The highest BCUT2D eigenvalue weighted by Gasteiger charge is 2.22. The lowest BCUT2D eigenvalue weighted by atomic mass is 10.1. The molecule has 3 aromatic rings. The normalized spacial score (nSPS) is 11.1. The van der Waals surface area contributed by atoms with Crippen molar-refractivity contribution >= 4 is 33.2 Å². The first-order valence-electron chi connectivity index (χ1n) is 8.40. The molecule has 0 radical (unpaired) electrons. The maximum atomic E-state index is 12.8. The van der Waals surface area contributed by atoms with E-state index in [-0.39, 0.29) is 22.0 Å². The topological polar surface area (TPSA) is 79.4 Å². The van der Waals surface area contributed by atoms with Crippen molar-refractivity contribution < 1.29 is 13.2 Å². The van der Waals surface area contributed by atoms with Gasteiger partial charge in [0.25, 0.3) is 15.9 Å². The van der Waals surface area contributed by atoms with Crippen LogP contribution in [0.2, 0.25) is 5.02 Å². The van der Waals surface area contributed by atoms with Crippen LogP contribution in [0, 0.1) is 0 Å². The molecule has 6 nitrogen and oxygen atoms in total. The molecule has 0 saturated heterocycles. The summed E-state index contributed by atoms with van der Waals surface area (Å²) >= 11 is 6.17. The third kappa shape index (κ3) is 4.32. The minimum Gasteiger partial charge on any atom is -0.348 e. The first-order valence-corrected chi connectivity index (χ1v) is 10.2. The second kappa shape index (κ2) is 8.41. The molecule has 0 spiro atoms. The predicted octanol–water partition coefficient (Wildman–Crippen LogP) is 3.49. The predicted molar refractivity (Wildman–Crippen MR) is 109 cm³/mol. The maximum Gasteiger partial charge on any atom is 0.264 e. The van der Waals surface area contributed by atoms with E-state index in [4.69, 9.17) is 11.6 Å². The molecule has 0 atom stereocenters. The summed E-state index contributed by atoms with van der Waals surface area (Å²) in [4.78, 5) is 16.7. The number of carbonyl (C=O) groups excluding carboxylic acids is 1. The van der Waals surface area contributed by atoms with E-state index >= 15 is 0 Å². The molecule has 1 N–H and O–H groups in total. The van der Waals surface area contributed by atoms with Gasteiger partial charge in [0.2, 0.25) is 0 Å². The SMILES string of the molecule is CN(c1ccc(Cl)c(C(=O)NCc2cccnc2)c1)S(=O)(=O)c1ccccc1. The quantitative estimate of drug-likeness (QED) is 0.668. The number of hydrogen-bond acceptors (Lipinski definition) is 4. The van der Waals surface area contributed by atoms with Crippen molar-refractivity contribution in [2.24, 2.45) is 0 Å². The van der Waals surface area contributed by atoms with E-state index in [0.29, 0.717) is 5.69 Å². The van der Waals surface area contributed by atoms with Crippen LogP contribution in [0.1, 0.15) is 15.9 Å². The number of nitrogens with one attached hydrogen (secondary N) is 1. The Bertz CT molecular complexity index is 1070. The standard InChI is InChI=1S/C20H18ClN3O3S/c1-24(28(26,27)17-7-3-2-4-8-17)16-9-10-19(21)18(12-16)20(25)23-14-15-6-5-11-22-13-15/h2-13H,14H2,1H3,(H,23,25). The number of pyridine rings is 1. The number of nitrogens with zero attached hydrogens (tertiary/aromatic N) is 2. The molecule has 0 aliphatic carbocycles. The Morgan fingerprint density at radius 2 is 1.86 bits per heavy atom. The summed E-state index contributed by atoms with van der Waals surface area (Å²) in [5, 5.41) is 3.00. The maximum absolute atomic E-state index is 12.8. The number of carbonyl (C=O) groups is 1. The Morgan fingerprint density at radius 1 is 1.11 bits per heavy atom. The van der Waals surface area contributed by atoms with Gasteiger partial charge in [0.05, 0.1) is 21.2 Å². The molecule has 1 aromatic heterocycles. The summed E-state index contributed by atoms with van der Waals surface area (Å²) < 4.78 is 26.7. The van der Waals surface area contributed by atoms with Crippen LogP contribution >= 0.6 is 11.6 Å². The summed E-state index contributed by atoms with van der Waals surface area (Å²) in [5.74, 6) is -0.402. The fourth-order valence-corrected chi connectivity index (χ4v) is 3.96. The third-order valence-electron chi connectivity index (χ3n) is 4.14. The van der Waals surface area contributed by atoms with Crippen molar-refractivity contribution in [2.45, 2.75) is 11.4 Å². The van der Waals surface area contributed by atoms with Crippen molar-refractivity contribution in [3.8, 4) is 0 Å². The Hall–Kier alpha value is -2.90. The first kappa shape index (κ1) is 19.9. The molecule has 0 fully saturated rings. The van der Waals surface area contributed by atoms with Crippen LogP contribution in [-0.4, -0.2) is 26.4 Å². The van der Waals surface area contributed by atoms with Crippen LogP contribution in [0.4, 0.5) is 5.69 Å². The Labute approximate surface area is 168 Å². The summed E-state index contributed by atoms with van der Waals surface area (Å²) in [7, 11) is -2.32. The second-order valence-electron chi connectivity index (χ2n) is 5.99. The van der Waals surface area contributed by atoms with Crippen LogP contribution in [0.25, 0.3) is 0 Å². The number of halogens is 1. The van der Waals surface area contributed by atoms with Crippen molar-refractivity contribution in [1.29, 1.82) is 0 Å². The second-order valence-corrected chi connectivity index (χ2v) is 8.37. The van der Waals surface area contributed by atoms with Gasteiger partial charge in [-0.15, -0.1) is 0 Å². The van der Waals surface area contributed by atoms with Gasteiger partial charge in [0.1, 0.15) is 0 Å². The molecule has 0 bridgehead atoms.